The summed E-state index contributed by atoms with van der Waals surface area (Å²) in [5.41, 5.74) is 5.07. The summed E-state index contributed by atoms with van der Waals surface area (Å²) in [5, 5.41) is 31.2. The zero-order valence-corrected chi connectivity index (χ0v) is 28.1. The molecule has 2 aliphatic rings. The van der Waals surface area contributed by atoms with Crippen molar-refractivity contribution < 1.29 is 29.6 Å². The van der Waals surface area contributed by atoms with Crippen molar-refractivity contribution >= 4 is 34.3 Å². The van der Waals surface area contributed by atoms with Crippen molar-refractivity contribution in [3.63, 3.8) is 0 Å². The number of rotatable bonds is 6. The first-order valence-corrected chi connectivity index (χ1v) is 17.1. The minimum absolute atomic E-state index is 0.000265. The van der Waals surface area contributed by atoms with Crippen LogP contribution in [-0.2, 0) is 23.3 Å². The third-order valence-electron chi connectivity index (χ3n) is 9.86. The molecule has 0 saturated carbocycles. The molecule has 0 radical (unpaired) electrons. The van der Waals surface area contributed by atoms with Crippen LogP contribution in [0.4, 0.5) is 9.59 Å². The summed E-state index contributed by atoms with van der Waals surface area (Å²) >= 11 is 0. The number of hydrogen-bond donors (Lipinski definition) is 5. The lowest BCUT2D eigenvalue weighted by Crippen LogP contribution is -2.46. The van der Waals surface area contributed by atoms with E-state index in [0.29, 0.717) is 41.0 Å². The maximum atomic E-state index is 13.0. The zero-order chi connectivity index (χ0) is 35.8. The van der Waals surface area contributed by atoms with Gasteiger partial charge in [0.05, 0.1) is 53.4 Å². The SMILES string of the molecule is O=C(OCc1ccccc1)N1C[C@H](O)C[C@H]1c1nc2ccc(C#Cc3ccc4nc([C@]5(Cc6ccccc6)C[C@@H](O)CN5C(=O)O)[nH]c4c3)cc2[nH]1. The highest BCUT2D eigenvalue weighted by atomic mass is 16.6. The van der Waals surface area contributed by atoms with E-state index in [1.165, 1.54) is 9.80 Å². The summed E-state index contributed by atoms with van der Waals surface area (Å²) in [6.07, 6.45) is -2.21. The number of aromatic amines is 2. The highest BCUT2D eigenvalue weighted by molar-refractivity contribution is 5.79. The number of carbonyl (C=O) groups is 2. The summed E-state index contributed by atoms with van der Waals surface area (Å²) in [6.45, 7) is 0.292. The van der Waals surface area contributed by atoms with E-state index in [1.807, 2.05) is 97.1 Å². The van der Waals surface area contributed by atoms with Crippen LogP contribution in [-0.4, -0.2) is 82.5 Å². The number of H-pyrrole nitrogens is 2. The van der Waals surface area contributed by atoms with E-state index >= 15 is 0 Å². The molecule has 6 aromatic rings. The molecule has 2 amide bonds. The minimum Gasteiger partial charge on any atom is -0.465 e. The lowest BCUT2D eigenvalue weighted by atomic mass is 9.87. The van der Waals surface area contributed by atoms with Crippen molar-refractivity contribution in [2.24, 2.45) is 0 Å². The minimum atomic E-state index is -1.11. The second-order valence-electron chi connectivity index (χ2n) is 13.5. The van der Waals surface area contributed by atoms with Gasteiger partial charge in [0.2, 0.25) is 0 Å². The number of likely N-dealkylation sites (tertiary alicyclic amines) is 2. The second-order valence-corrected chi connectivity index (χ2v) is 13.5. The van der Waals surface area contributed by atoms with Crippen LogP contribution >= 0.6 is 0 Å². The van der Waals surface area contributed by atoms with Crippen molar-refractivity contribution in [2.75, 3.05) is 13.1 Å². The highest BCUT2D eigenvalue weighted by Gasteiger charge is 2.51. The Morgan fingerprint density at radius 2 is 1.44 bits per heavy atom. The third kappa shape index (κ3) is 6.43. The van der Waals surface area contributed by atoms with Crippen LogP contribution in [0.1, 0.15) is 52.8 Å². The van der Waals surface area contributed by atoms with Crippen LogP contribution in [0.3, 0.4) is 0 Å². The van der Waals surface area contributed by atoms with E-state index in [2.05, 4.69) is 21.8 Å². The monoisotopic (exact) mass is 696 g/mol. The highest BCUT2D eigenvalue weighted by Crippen LogP contribution is 2.41. The maximum absolute atomic E-state index is 13.0. The van der Waals surface area contributed by atoms with Gasteiger partial charge in [0.1, 0.15) is 23.8 Å². The van der Waals surface area contributed by atoms with Crippen LogP contribution < -0.4 is 0 Å². The van der Waals surface area contributed by atoms with Crippen molar-refractivity contribution in [3.8, 4) is 11.8 Å². The molecular weight excluding hydrogens is 660 g/mol. The van der Waals surface area contributed by atoms with Gasteiger partial charge in [-0.3, -0.25) is 9.80 Å². The molecular formula is C40H36N6O6. The average Bonchev–Trinajstić information content (AvgIpc) is 3.94. The number of carboxylic acid groups (broad SMARTS) is 1. The Balaban J connectivity index is 1.03. The predicted molar refractivity (Wildman–Crippen MR) is 192 cm³/mol. The number of imidazole rings is 2. The number of carbonyl (C=O) groups excluding carboxylic acids is 1. The van der Waals surface area contributed by atoms with Crippen molar-refractivity contribution in [2.45, 2.75) is 49.7 Å². The first-order chi connectivity index (χ1) is 25.2. The molecule has 2 aromatic heterocycles. The fourth-order valence-corrected chi connectivity index (χ4v) is 7.41. The molecule has 8 rings (SSSR count). The fourth-order valence-electron chi connectivity index (χ4n) is 7.41. The molecule has 0 spiro atoms. The third-order valence-corrected chi connectivity index (χ3v) is 9.86. The van der Waals surface area contributed by atoms with Crippen LogP contribution in [0.5, 0.6) is 0 Å². The normalized spacial score (nSPS) is 21.4. The lowest BCUT2D eigenvalue weighted by Gasteiger charge is -2.35. The van der Waals surface area contributed by atoms with Crippen molar-refractivity contribution in [3.05, 3.63) is 131 Å². The Labute approximate surface area is 298 Å². The van der Waals surface area contributed by atoms with Crippen LogP contribution in [0, 0.1) is 11.8 Å². The van der Waals surface area contributed by atoms with E-state index in [-0.39, 0.29) is 26.1 Å². The molecule has 0 bridgehead atoms. The van der Waals surface area contributed by atoms with Gasteiger partial charge in [0.25, 0.3) is 0 Å². The summed E-state index contributed by atoms with van der Waals surface area (Å²) in [4.78, 5) is 44.5. The Morgan fingerprint density at radius 1 is 0.808 bits per heavy atom. The van der Waals surface area contributed by atoms with Gasteiger partial charge >= 0.3 is 12.2 Å². The molecule has 4 atom stereocenters. The van der Waals surface area contributed by atoms with Gasteiger partial charge in [-0.15, -0.1) is 0 Å². The van der Waals surface area contributed by atoms with Gasteiger partial charge in [-0.05, 0) is 47.5 Å². The van der Waals surface area contributed by atoms with Crippen molar-refractivity contribution in [1.82, 2.24) is 29.7 Å². The molecule has 2 fully saturated rings. The number of aliphatic hydroxyl groups is 2. The van der Waals surface area contributed by atoms with Gasteiger partial charge < -0.3 is 30.0 Å². The number of nitrogens with one attached hydrogen (secondary N) is 2. The van der Waals surface area contributed by atoms with Crippen LogP contribution in [0.15, 0.2) is 97.1 Å². The number of benzene rings is 4. The molecule has 52 heavy (non-hydrogen) atoms. The van der Waals surface area contributed by atoms with Gasteiger partial charge in [-0.25, -0.2) is 19.6 Å². The smallest absolute Gasteiger partial charge is 0.410 e. The standard InChI is InChI=1S/C40H36N6O6/c47-29-19-35(45(22-29)39(51)52-24-28-9-5-2-6-10-28)36-41-31-15-13-25(17-33(31)42-36)11-12-26-14-16-32-34(18-26)44-37(43-32)40(20-27-7-3-1-4-8-27)21-30(48)23-46(40)38(49)50/h1-10,13-18,29-30,35,47-48H,19-24H2,(H,41,42)(H,43,44)(H,49,50)/t29-,30-,35+,40+/m1/s1. The topological polar surface area (TPSA) is 168 Å². The van der Waals surface area contributed by atoms with Crippen molar-refractivity contribution in [1.29, 1.82) is 0 Å². The van der Waals surface area contributed by atoms with E-state index in [0.717, 1.165) is 27.8 Å². The number of aromatic nitrogens is 4. The van der Waals surface area contributed by atoms with E-state index in [9.17, 15) is 24.9 Å². The first kappa shape index (κ1) is 33.0. The van der Waals surface area contributed by atoms with Crippen LogP contribution in [0.2, 0.25) is 0 Å². The molecule has 0 aliphatic carbocycles. The van der Waals surface area contributed by atoms with E-state index < -0.39 is 36.0 Å². The fraction of sp³-hybridized carbons (Fsp3) is 0.250. The largest absolute Gasteiger partial charge is 0.465 e. The quantitative estimate of drug-likeness (QED) is 0.143. The number of β-amino-alcohol motifs (C(OH)–C–C–N with tert-alkyl or cyclic N) is 2. The summed E-state index contributed by atoms with van der Waals surface area (Å²) in [5.74, 6) is 7.48. The Bertz CT molecular complexity index is 2330. The lowest BCUT2D eigenvalue weighted by molar-refractivity contribution is 0.0867. The summed E-state index contributed by atoms with van der Waals surface area (Å²) in [7, 11) is 0. The average molecular weight is 697 g/mol. The number of fused-ring (bicyclic) bond motifs is 2. The number of nitrogens with zero attached hydrogens (tertiary/aromatic N) is 4. The molecule has 0 unspecified atom stereocenters. The second kappa shape index (κ2) is 13.5. The molecule has 12 heteroatoms. The Kier molecular flexibility index (Phi) is 8.58. The molecule has 12 nitrogen and oxygen atoms in total. The summed E-state index contributed by atoms with van der Waals surface area (Å²) in [6, 6.07) is 29.8. The molecule has 2 saturated heterocycles. The number of hydrogen-bond acceptors (Lipinski definition) is 7. The van der Waals surface area contributed by atoms with E-state index in [1.54, 1.807) is 0 Å². The predicted octanol–water partition coefficient (Wildman–Crippen LogP) is 5.47. The van der Waals surface area contributed by atoms with E-state index in [4.69, 9.17) is 14.7 Å². The molecule has 5 N–H and O–H groups in total. The van der Waals surface area contributed by atoms with Gasteiger partial charge in [-0.1, -0.05) is 72.5 Å². The Morgan fingerprint density at radius 3 is 2.12 bits per heavy atom. The van der Waals surface area contributed by atoms with Crippen LogP contribution in [0.25, 0.3) is 22.1 Å². The summed E-state index contributed by atoms with van der Waals surface area (Å²) < 4.78 is 5.55. The molecule has 2 aliphatic heterocycles. The molecule has 262 valence electrons. The van der Waals surface area contributed by atoms with Gasteiger partial charge in [0.15, 0.2) is 0 Å². The number of amides is 2. The maximum Gasteiger partial charge on any atom is 0.410 e. The van der Waals surface area contributed by atoms with Gasteiger partial charge in [-0.2, -0.15) is 0 Å². The number of ether oxygens (including phenoxy) is 1. The molecule has 4 aromatic carbocycles. The molecule has 4 heterocycles. The zero-order valence-electron chi connectivity index (χ0n) is 28.1. The Hall–Kier alpha value is -6.16. The first-order valence-electron chi connectivity index (χ1n) is 17.1. The van der Waals surface area contributed by atoms with Gasteiger partial charge in [0, 0.05) is 30.4 Å². The number of aliphatic hydroxyl groups excluding tert-OH is 2.